The van der Waals surface area contributed by atoms with E-state index in [1.807, 2.05) is 6.20 Å². The molecule has 0 aliphatic rings. The van der Waals surface area contributed by atoms with Gasteiger partial charge in [-0.3, -0.25) is 4.98 Å². The summed E-state index contributed by atoms with van der Waals surface area (Å²) in [6.45, 7) is 0. The van der Waals surface area contributed by atoms with E-state index in [2.05, 4.69) is 27.6 Å². The van der Waals surface area contributed by atoms with Gasteiger partial charge < -0.3 is 5.73 Å². The predicted octanol–water partition coefficient (Wildman–Crippen LogP) is 3.13. The molecule has 2 rings (SSSR count). The molecule has 0 saturated heterocycles. The zero-order chi connectivity index (χ0) is 11.5. The number of halogens is 2. The van der Waals surface area contributed by atoms with Crippen molar-refractivity contribution in [3.8, 4) is 0 Å². The lowest BCUT2D eigenvalue weighted by molar-refractivity contribution is 0.623. The van der Waals surface area contributed by atoms with E-state index in [1.165, 1.54) is 12.1 Å². The molecule has 2 N–H and O–H groups in total. The van der Waals surface area contributed by atoms with E-state index < -0.39 is 0 Å². The molecule has 2 aromatic rings. The average molecular weight is 348 g/mol. The Balaban J connectivity index is 2.17. The van der Waals surface area contributed by atoms with Crippen LogP contribution in [0.1, 0.15) is 16.5 Å². The van der Waals surface area contributed by atoms with Gasteiger partial charge in [-0.05, 0) is 40.3 Å². The molecule has 2 nitrogen and oxygen atoms in total. The second-order valence-electron chi connectivity index (χ2n) is 3.44. The third kappa shape index (κ3) is 2.78. The lowest BCUT2D eigenvalue weighted by Gasteiger charge is -2.12. The minimum atomic E-state index is -0.224. The second-order valence-corrected chi connectivity index (χ2v) is 5.58. The summed E-state index contributed by atoms with van der Waals surface area (Å²) in [5, 5.41) is 0. The summed E-state index contributed by atoms with van der Waals surface area (Å²) in [4.78, 5) is 5.15. The highest BCUT2D eigenvalue weighted by Gasteiger charge is 2.11. The van der Waals surface area contributed by atoms with Crippen LogP contribution in [0.2, 0.25) is 0 Å². The maximum atomic E-state index is 12.9. The molecule has 1 atom stereocenters. The quantitative estimate of drug-likeness (QED) is 0.866. The average Bonchev–Trinajstić information content (AvgIpc) is 2.70. The molecule has 1 heterocycles. The van der Waals surface area contributed by atoms with Gasteiger partial charge in [0.15, 0.2) is 0 Å². The summed E-state index contributed by atoms with van der Waals surface area (Å²) in [5.41, 5.74) is 8.86. The summed E-state index contributed by atoms with van der Waals surface area (Å²) in [6.07, 6.45) is 2.56. The minimum Gasteiger partial charge on any atom is -0.324 e. The number of hydrogen-bond acceptors (Lipinski definition) is 3. The fourth-order valence-corrected chi connectivity index (χ4v) is 3.00. The first-order chi connectivity index (χ1) is 7.66. The Labute approximate surface area is 111 Å². The van der Waals surface area contributed by atoms with Gasteiger partial charge in [0.05, 0.1) is 5.51 Å². The first-order valence-corrected chi connectivity index (χ1v) is 6.70. The number of hydrogen-bond donors (Lipinski definition) is 1. The van der Waals surface area contributed by atoms with Gasteiger partial charge in [-0.1, -0.05) is 6.07 Å². The molecule has 0 amide bonds. The molecular formula is C11H10FIN2S. The molecule has 1 unspecified atom stereocenters. The second kappa shape index (κ2) is 5.20. The van der Waals surface area contributed by atoms with Crippen molar-refractivity contribution < 1.29 is 4.39 Å². The summed E-state index contributed by atoms with van der Waals surface area (Å²) in [7, 11) is 0. The van der Waals surface area contributed by atoms with E-state index in [9.17, 15) is 4.39 Å². The van der Waals surface area contributed by atoms with Crippen LogP contribution in [0.25, 0.3) is 0 Å². The molecule has 84 valence electrons. The van der Waals surface area contributed by atoms with Gasteiger partial charge in [-0.15, -0.1) is 11.3 Å². The molecule has 0 spiro atoms. The van der Waals surface area contributed by atoms with Crippen LogP contribution >= 0.6 is 33.9 Å². The molecular weight excluding hydrogens is 338 g/mol. The van der Waals surface area contributed by atoms with Crippen molar-refractivity contribution in [3.05, 3.63) is 49.7 Å². The van der Waals surface area contributed by atoms with Crippen LogP contribution < -0.4 is 5.73 Å². The van der Waals surface area contributed by atoms with Gasteiger partial charge in [-0.25, -0.2) is 4.39 Å². The molecule has 0 bridgehead atoms. The van der Waals surface area contributed by atoms with Crippen LogP contribution in [0.15, 0.2) is 29.9 Å². The van der Waals surface area contributed by atoms with Crippen molar-refractivity contribution >= 4 is 33.9 Å². The predicted molar refractivity (Wildman–Crippen MR) is 71.9 cm³/mol. The minimum absolute atomic E-state index is 0.104. The standard InChI is InChI=1S/C11H10FIN2S/c12-7-1-2-9(10(13)3-7)11(14)4-8-5-15-6-16-8/h1-3,5-6,11H,4,14H2. The molecule has 1 aromatic carbocycles. The Bertz CT molecular complexity index is 473. The maximum absolute atomic E-state index is 12.9. The zero-order valence-electron chi connectivity index (χ0n) is 8.36. The molecule has 1 aromatic heterocycles. The van der Waals surface area contributed by atoms with Crippen molar-refractivity contribution in [2.75, 3.05) is 0 Å². The van der Waals surface area contributed by atoms with Crippen molar-refractivity contribution in [1.82, 2.24) is 4.98 Å². The van der Waals surface area contributed by atoms with Gasteiger partial charge in [0.1, 0.15) is 5.82 Å². The maximum Gasteiger partial charge on any atom is 0.124 e. The highest BCUT2D eigenvalue weighted by molar-refractivity contribution is 14.1. The molecule has 16 heavy (non-hydrogen) atoms. The van der Waals surface area contributed by atoms with E-state index in [-0.39, 0.29) is 11.9 Å². The van der Waals surface area contributed by atoms with Gasteiger partial charge in [0, 0.05) is 27.1 Å². The molecule has 0 saturated carbocycles. The van der Waals surface area contributed by atoms with Crippen LogP contribution in [0.4, 0.5) is 4.39 Å². The fraction of sp³-hybridized carbons (Fsp3) is 0.182. The van der Waals surface area contributed by atoms with Gasteiger partial charge in [0.2, 0.25) is 0 Å². The highest BCUT2D eigenvalue weighted by Crippen LogP contribution is 2.23. The van der Waals surface area contributed by atoms with Gasteiger partial charge in [0.25, 0.3) is 0 Å². The first kappa shape index (κ1) is 11.9. The highest BCUT2D eigenvalue weighted by atomic mass is 127. The fourth-order valence-electron chi connectivity index (χ4n) is 1.47. The van der Waals surface area contributed by atoms with Crippen molar-refractivity contribution in [2.24, 2.45) is 5.73 Å². The van der Waals surface area contributed by atoms with Gasteiger partial charge >= 0.3 is 0 Å². The molecule has 0 aliphatic carbocycles. The Kier molecular flexibility index (Phi) is 3.88. The van der Waals surface area contributed by atoms with Crippen LogP contribution in [-0.4, -0.2) is 4.98 Å². The first-order valence-electron chi connectivity index (χ1n) is 4.74. The number of rotatable bonds is 3. The molecule has 0 radical (unpaired) electrons. The Morgan fingerprint density at radius 2 is 2.31 bits per heavy atom. The Hall–Kier alpha value is -0.530. The van der Waals surface area contributed by atoms with Crippen molar-refractivity contribution in [2.45, 2.75) is 12.5 Å². The third-order valence-corrected chi connectivity index (χ3v) is 4.00. The van der Waals surface area contributed by atoms with Crippen molar-refractivity contribution in [1.29, 1.82) is 0 Å². The monoisotopic (exact) mass is 348 g/mol. The third-order valence-electron chi connectivity index (χ3n) is 2.27. The van der Waals surface area contributed by atoms with Crippen LogP contribution in [0.5, 0.6) is 0 Å². The van der Waals surface area contributed by atoms with Crippen LogP contribution in [-0.2, 0) is 6.42 Å². The molecule has 0 aliphatic heterocycles. The molecule has 0 fully saturated rings. The lowest BCUT2D eigenvalue weighted by Crippen LogP contribution is -2.14. The van der Waals surface area contributed by atoms with E-state index in [4.69, 9.17) is 5.73 Å². The van der Waals surface area contributed by atoms with Gasteiger partial charge in [-0.2, -0.15) is 0 Å². The summed E-state index contributed by atoms with van der Waals surface area (Å²) in [5.74, 6) is -0.224. The topological polar surface area (TPSA) is 38.9 Å². The Morgan fingerprint density at radius 3 is 2.94 bits per heavy atom. The van der Waals surface area contributed by atoms with Crippen molar-refractivity contribution in [3.63, 3.8) is 0 Å². The number of nitrogens with zero attached hydrogens (tertiary/aromatic N) is 1. The SMILES string of the molecule is NC(Cc1cncs1)c1ccc(F)cc1I. The molecule has 5 heteroatoms. The summed E-state index contributed by atoms with van der Waals surface area (Å²) in [6, 6.07) is 4.60. The smallest absolute Gasteiger partial charge is 0.124 e. The largest absolute Gasteiger partial charge is 0.324 e. The van der Waals surface area contributed by atoms with E-state index in [0.29, 0.717) is 0 Å². The zero-order valence-corrected chi connectivity index (χ0v) is 11.3. The van der Waals surface area contributed by atoms with Crippen LogP contribution in [0.3, 0.4) is 0 Å². The normalized spacial score (nSPS) is 12.7. The Morgan fingerprint density at radius 1 is 1.50 bits per heavy atom. The summed E-state index contributed by atoms with van der Waals surface area (Å²) >= 11 is 3.70. The lowest BCUT2D eigenvalue weighted by atomic mass is 10.0. The van der Waals surface area contributed by atoms with E-state index >= 15 is 0 Å². The van der Waals surface area contributed by atoms with Crippen LogP contribution in [0, 0.1) is 9.39 Å². The number of benzene rings is 1. The number of aromatic nitrogens is 1. The number of nitrogens with two attached hydrogens (primary N) is 1. The van der Waals surface area contributed by atoms with E-state index in [0.717, 1.165) is 20.4 Å². The number of thiazole rings is 1. The van der Waals surface area contributed by atoms with E-state index in [1.54, 1.807) is 22.9 Å². The summed E-state index contributed by atoms with van der Waals surface area (Å²) < 4.78 is 13.8.